The number of piperazine rings is 1. The van der Waals surface area contributed by atoms with Crippen LogP contribution in [-0.4, -0.2) is 84.7 Å². The molecule has 1 saturated heterocycles. The molecule has 49 heavy (non-hydrogen) atoms. The van der Waals surface area contributed by atoms with Crippen molar-refractivity contribution in [1.29, 1.82) is 0 Å². The number of anilines is 1. The van der Waals surface area contributed by atoms with Crippen LogP contribution in [0.4, 0.5) is 31.5 Å². The summed E-state index contributed by atoms with van der Waals surface area (Å²) in [7, 11) is -3.43. The normalized spacial score (nSPS) is 16.0. The number of methoxy groups -OCH3 is 1. The van der Waals surface area contributed by atoms with Crippen molar-refractivity contribution in [2.24, 2.45) is 0 Å². The summed E-state index contributed by atoms with van der Waals surface area (Å²) in [6, 6.07) is 7.34. The highest BCUT2D eigenvalue weighted by molar-refractivity contribution is 7.89. The van der Waals surface area contributed by atoms with Crippen molar-refractivity contribution in [3.8, 4) is 11.5 Å². The van der Waals surface area contributed by atoms with Crippen molar-refractivity contribution >= 4 is 43.3 Å². The molecule has 1 fully saturated rings. The molecule has 0 radical (unpaired) electrons. The minimum absolute atomic E-state index is 0.00179. The predicted octanol–water partition coefficient (Wildman–Crippen LogP) is 2.93. The first kappa shape index (κ1) is 35.3. The molecule has 1 aliphatic rings. The van der Waals surface area contributed by atoms with Crippen LogP contribution in [0.15, 0.2) is 64.3 Å². The van der Waals surface area contributed by atoms with Gasteiger partial charge in [-0.3, -0.25) is 9.59 Å². The highest BCUT2D eigenvalue weighted by atomic mass is 32.2. The summed E-state index contributed by atoms with van der Waals surface area (Å²) in [5.41, 5.74) is -0.656. The Hall–Kier alpha value is -4.96. The van der Waals surface area contributed by atoms with Crippen LogP contribution in [0.2, 0.25) is 0 Å². The van der Waals surface area contributed by atoms with Crippen LogP contribution in [-0.2, 0) is 26.1 Å². The number of aromatic nitrogens is 3. The van der Waals surface area contributed by atoms with Crippen LogP contribution in [0.5, 0.6) is 11.5 Å². The zero-order valence-electron chi connectivity index (χ0n) is 24.7. The van der Waals surface area contributed by atoms with Gasteiger partial charge in [-0.15, -0.1) is 31.4 Å². The van der Waals surface area contributed by atoms with Crippen molar-refractivity contribution in [2.45, 2.75) is 30.2 Å². The van der Waals surface area contributed by atoms with E-state index < -0.39 is 62.6 Å². The Kier molecular flexibility index (Phi) is 9.75. The summed E-state index contributed by atoms with van der Waals surface area (Å²) in [4.78, 5) is 43.2. The highest BCUT2D eigenvalue weighted by Gasteiger charge is 2.41. The number of carbonyl (C=O) groups is 2. The van der Waals surface area contributed by atoms with Crippen molar-refractivity contribution < 1.29 is 58.6 Å². The number of nitrogens with zero attached hydrogens (tertiary/aromatic N) is 5. The van der Waals surface area contributed by atoms with Crippen LogP contribution in [0, 0.1) is 0 Å². The van der Waals surface area contributed by atoms with E-state index in [2.05, 4.69) is 29.6 Å². The van der Waals surface area contributed by atoms with Gasteiger partial charge in [0.25, 0.3) is 5.56 Å². The summed E-state index contributed by atoms with van der Waals surface area (Å²) in [6.07, 6.45) is -9.94. The first-order chi connectivity index (χ1) is 22.9. The maximum atomic E-state index is 13.7. The number of ether oxygens (including phenoxy) is 3. The number of halogens is 6. The zero-order valence-corrected chi connectivity index (χ0v) is 26.3. The average molecular weight is 737 g/mol. The Morgan fingerprint density at radius 3 is 2.12 bits per heavy atom. The molecule has 1 aliphatic heterocycles. The zero-order chi connectivity index (χ0) is 35.7. The lowest BCUT2D eigenvalue weighted by atomic mass is 10.2. The summed E-state index contributed by atoms with van der Waals surface area (Å²) in [5, 5.41) is 6.88. The van der Waals surface area contributed by atoms with E-state index in [1.54, 1.807) is 0 Å². The number of nitrogens with one attached hydrogen (secondary N) is 1. The Morgan fingerprint density at radius 2 is 1.55 bits per heavy atom. The number of esters is 1. The molecule has 2 aromatic heterocycles. The molecule has 0 aliphatic carbocycles. The van der Waals surface area contributed by atoms with E-state index in [1.807, 2.05) is 0 Å². The molecule has 5 rings (SSSR count). The minimum atomic E-state index is -5.02. The maximum Gasteiger partial charge on any atom is 0.573 e. The molecule has 2 aromatic carbocycles. The van der Waals surface area contributed by atoms with E-state index in [1.165, 1.54) is 17.0 Å². The first-order valence-corrected chi connectivity index (χ1v) is 15.9. The van der Waals surface area contributed by atoms with Crippen molar-refractivity contribution in [1.82, 2.24) is 24.2 Å². The fourth-order valence-corrected chi connectivity index (χ4v) is 7.16. The quantitative estimate of drug-likeness (QED) is 0.199. The Morgan fingerprint density at radius 1 is 0.959 bits per heavy atom. The molecule has 4 aromatic rings. The fourth-order valence-electron chi connectivity index (χ4n) is 4.64. The van der Waals surface area contributed by atoms with Gasteiger partial charge in [0.05, 0.1) is 12.0 Å². The van der Waals surface area contributed by atoms with E-state index >= 15 is 0 Å². The Labute approximate surface area is 275 Å². The monoisotopic (exact) mass is 736 g/mol. The number of carbonyl (C=O) groups excluding carboxylic acids is 2. The number of sulfonamides is 1. The lowest BCUT2D eigenvalue weighted by Gasteiger charge is -2.39. The second-order valence-electron chi connectivity index (χ2n) is 10.1. The maximum absolute atomic E-state index is 13.7. The van der Waals surface area contributed by atoms with Gasteiger partial charge in [-0.1, -0.05) is 23.5 Å². The molecular formula is C27H22F6N6O8S2. The molecular weight excluding hydrogens is 714 g/mol. The fraction of sp³-hybridized carbons (Fsp3) is 0.296. The van der Waals surface area contributed by atoms with Gasteiger partial charge in [-0.2, -0.15) is 8.82 Å². The van der Waals surface area contributed by atoms with Crippen molar-refractivity contribution in [2.75, 3.05) is 31.6 Å². The molecule has 0 bridgehead atoms. The lowest BCUT2D eigenvalue weighted by molar-refractivity contribution is -0.275. The topological polar surface area (TPSA) is 162 Å². The second kappa shape index (κ2) is 13.5. The average Bonchev–Trinajstić information content (AvgIpc) is 3.47. The largest absolute Gasteiger partial charge is 0.573 e. The SMILES string of the molecule is COC(=O)c1cc(=O)n2nc(N3CCN(S(=O)(=O)c4ccc(OC(F)(F)F)cc4)[C@@H](C(=O)NCc4ccc(OC(F)(F)F)cc4)C3)sc2n1. The molecule has 22 heteroatoms. The smallest absolute Gasteiger partial charge is 0.464 e. The molecule has 0 spiro atoms. The van der Waals surface area contributed by atoms with E-state index in [0.717, 1.165) is 69.7 Å². The first-order valence-electron chi connectivity index (χ1n) is 13.7. The van der Waals surface area contributed by atoms with Crippen LogP contribution in [0.1, 0.15) is 16.1 Å². The number of benzene rings is 2. The second-order valence-corrected chi connectivity index (χ2v) is 12.9. The standard InChI is InChI=1S/C27H22F6N6O8S2/c1-45-23(42)19-12-21(40)39-24(35-19)48-25(36-39)37-10-11-38(49(43,44)18-8-6-17(7-9-18)47-27(31,32)33)20(14-37)22(41)34-13-15-2-4-16(5-3-15)46-26(28,29)30/h2-9,12,20H,10-11,13-14H2,1H3,(H,34,41)/t20-/m1/s1. The number of alkyl halides is 6. The minimum Gasteiger partial charge on any atom is -0.464 e. The van der Waals surface area contributed by atoms with E-state index in [4.69, 9.17) is 0 Å². The molecule has 1 atom stereocenters. The van der Waals surface area contributed by atoms with Gasteiger partial charge in [-0.25, -0.2) is 18.2 Å². The third-order valence-corrected chi connectivity index (χ3v) is 9.71. The van der Waals surface area contributed by atoms with Gasteiger partial charge in [0, 0.05) is 32.2 Å². The van der Waals surface area contributed by atoms with Crippen LogP contribution >= 0.6 is 11.3 Å². The summed E-state index contributed by atoms with van der Waals surface area (Å²) < 4.78 is 117. The molecule has 1 N–H and O–H groups in total. The summed E-state index contributed by atoms with van der Waals surface area (Å²) >= 11 is 0.862. The third kappa shape index (κ3) is 8.37. The third-order valence-electron chi connectivity index (χ3n) is 6.82. The van der Waals surface area contributed by atoms with Crippen LogP contribution in [0.25, 0.3) is 4.96 Å². The van der Waals surface area contributed by atoms with Crippen molar-refractivity contribution in [3.05, 3.63) is 76.2 Å². The van der Waals surface area contributed by atoms with Crippen LogP contribution in [0.3, 0.4) is 0 Å². The molecule has 3 heterocycles. The number of amides is 1. The van der Waals surface area contributed by atoms with E-state index in [0.29, 0.717) is 5.56 Å². The summed E-state index contributed by atoms with van der Waals surface area (Å²) in [6.45, 7) is -0.985. The van der Waals surface area contributed by atoms with Gasteiger partial charge < -0.3 is 24.4 Å². The molecule has 0 unspecified atom stereocenters. The van der Waals surface area contributed by atoms with Crippen molar-refractivity contribution in [3.63, 3.8) is 0 Å². The predicted molar refractivity (Wildman–Crippen MR) is 156 cm³/mol. The number of hydrogen-bond donors (Lipinski definition) is 1. The molecule has 262 valence electrons. The van der Waals surface area contributed by atoms with Crippen LogP contribution < -0.4 is 25.2 Å². The molecule has 0 saturated carbocycles. The molecule has 1 amide bonds. The van der Waals surface area contributed by atoms with Gasteiger partial charge in [-0.05, 0) is 42.0 Å². The van der Waals surface area contributed by atoms with Gasteiger partial charge >= 0.3 is 18.7 Å². The Balaban J connectivity index is 1.42. The lowest BCUT2D eigenvalue weighted by Crippen LogP contribution is -2.60. The van der Waals surface area contributed by atoms with E-state index in [9.17, 15) is 49.1 Å². The van der Waals surface area contributed by atoms with Gasteiger partial charge in [0.1, 0.15) is 17.5 Å². The van der Waals surface area contributed by atoms with Gasteiger partial charge in [0.2, 0.25) is 26.0 Å². The summed E-state index contributed by atoms with van der Waals surface area (Å²) in [5.74, 6) is -2.89. The number of hydrogen-bond acceptors (Lipinski definition) is 12. The molecule has 14 nitrogen and oxygen atoms in total. The Bertz CT molecular complexity index is 2020. The number of rotatable bonds is 9. The van der Waals surface area contributed by atoms with Gasteiger partial charge in [0.15, 0.2) is 5.69 Å². The number of fused-ring (bicyclic) bond motifs is 1. The highest BCUT2D eigenvalue weighted by Crippen LogP contribution is 2.30. The van der Waals surface area contributed by atoms with E-state index in [-0.39, 0.29) is 42.0 Å².